The quantitative estimate of drug-likeness (QED) is 0.814. The van der Waals surface area contributed by atoms with Crippen molar-refractivity contribution in [2.24, 2.45) is 0 Å². The van der Waals surface area contributed by atoms with Gasteiger partial charge in [0.15, 0.2) is 0 Å². The van der Waals surface area contributed by atoms with Crippen molar-refractivity contribution in [3.8, 4) is 12.1 Å². The van der Waals surface area contributed by atoms with Crippen molar-refractivity contribution in [1.29, 1.82) is 10.5 Å². The van der Waals surface area contributed by atoms with E-state index in [1.807, 2.05) is 54.6 Å². The third-order valence-electron chi connectivity index (χ3n) is 3.31. The van der Waals surface area contributed by atoms with Gasteiger partial charge in [-0.05, 0) is 23.3 Å². The minimum absolute atomic E-state index is 0.104. The molecule has 98 valence electrons. The molecule has 0 aliphatic carbocycles. The van der Waals surface area contributed by atoms with Crippen LogP contribution < -0.4 is 0 Å². The minimum Gasteiger partial charge on any atom is -0.198 e. The molecule has 0 N–H and O–H groups in total. The number of nitrogens with zero attached hydrogens (tertiary/aromatic N) is 2. The first kappa shape index (κ1) is 14.3. The number of benzene rings is 2. The molecule has 0 saturated carbocycles. The highest BCUT2D eigenvalue weighted by atomic mass is 79.9. The van der Waals surface area contributed by atoms with E-state index in [1.54, 1.807) is 0 Å². The van der Waals surface area contributed by atoms with Crippen LogP contribution in [0.1, 0.15) is 29.4 Å². The van der Waals surface area contributed by atoms with Crippen LogP contribution >= 0.6 is 15.9 Å². The van der Waals surface area contributed by atoms with Crippen LogP contribution in [0.15, 0.2) is 59.1 Å². The summed E-state index contributed by atoms with van der Waals surface area (Å²) in [6, 6.07) is 22.1. The first-order valence-corrected chi connectivity index (χ1v) is 7.12. The Morgan fingerprint density at radius 3 is 2.10 bits per heavy atom. The third-order valence-corrected chi connectivity index (χ3v) is 3.84. The Balaban J connectivity index is 2.39. The lowest BCUT2D eigenvalue weighted by molar-refractivity contribution is 0.641. The Morgan fingerprint density at radius 1 is 0.900 bits per heavy atom. The Kier molecular flexibility index (Phi) is 4.93. The van der Waals surface area contributed by atoms with Crippen LogP contribution in [0.25, 0.3) is 0 Å². The molecule has 0 bridgehead atoms. The molecular weight excluding hydrogens is 312 g/mol. The van der Waals surface area contributed by atoms with Crippen molar-refractivity contribution in [3.63, 3.8) is 0 Å². The lowest BCUT2D eigenvalue weighted by atomic mass is 9.80. The standard InChI is InChI=1S/C17H13BrN2/c18-15-8-6-14(7-9-15)17(12-20)16(10-11-19)13-4-2-1-3-5-13/h1-9,16-17H,10H2/t16-,17-/m0/s1. The second-order valence-corrected chi connectivity index (χ2v) is 5.45. The summed E-state index contributed by atoms with van der Waals surface area (Å²) in [5.41, 5.74) is 1.98. The van der Waals surface area contributed by atoms with E-state index in [1.165, 1.54) is 0 Å². The van der Waals surface area contributed by atoms with Gasteiger partial charge in [-0.1, -0.05) is 58.4 Å². The summed E-state index contributed by atoms with van der Waals surface area (Å²) in [7, 11) is 0. The van der Waals surface area contributed by atoms with E-state index in [2.05, 4.69) is 28.1 Å². The van der Waals surface area contributed by atoms with Crippen molar-refractivity contribution < 1.29 is 0 Å². The second-order valence-electron chi connectivity index (χ2n) is 4.54. The topological polar surface area (TPSA) is 47.6 Å². The first-order valence-electron chi connectivity index (χ1n) is 6.33. The fourth-order valence-electron chi connectivity index (χ4n) is 2.29. The van der Waals surface area contributed by atoms with E-state index >= 15 is 0 Å². The zero-order valence-electron chi connectivity index (χ0n) is 10.8. The largest absolute Gasteiger partial charge is 0.198 e. The molecule has 2 nitrogen and oxygen atoms in total. The molecule has 0 amide bonds. The van der Waals surface area contributed by atoms with E-state index in [9.17, 15) is 5.26 Å². The van der Waals surface area contributed by atoms with Gasteiger partial charge in [0.1, 0.15) is 0 Å². The molecule has 2 aromatic carbocycles. The lowest BCUT2D eigenvalue weighted by Gasteiger charge is -2.20. The van der Waals surface area contributed by atoms with E-state index in [4.69, 9.17) is 5.26 Å². The summed E-state index contributed by atoms with van der Waals surface area (Å²) in [5, 5.41) is 18.6. The fraction of sp³-hybridized carbons (Fsp3) is 0.176. The minimum atomic E-state index is -0.315. The second kappa shape index (κ2) is 6.89. The molecule has 2 rings (SSSR count). The van der Waals surface area contributed by atoms with E-state index < -0.39 is 0 Å². The highest BCUT2D eigenvalue weighted by Gasteiger charge is 2.24. The van der Waals surface area contributed by atoms with Crippen LogP contribution in [0, 0.1) is 22.7 Å². The maximum absolute atomic E-state index is 9.54. The zero-order valence-corrected chi connectivity index (χ0v) is 12.4. The zero-order chi connectivity index (χ0) is 14.4. The summed E-state index contributed by atoms with van der Waals surface area (Å²) in [6.45, 7) is 0. The van der Waals surface area contributed by atoms with Crippen LogP contribution in [-0.4, -0.2) is 0 Å². The van der Waals surface area contributed by atoms with Gasteiger partial charge in [-0.2, -0.15) is 10.5 Å². The monoisotopic (exact) mass is 324 g/mol. The van der Waals surface area contributed by atoms with Crippen LogP contribution in [-0.2, 0) is 0 Å². The number of nitriles is 2. The van der Waals surface area contributed by atoms with E-state index in [0.717, 1.165) is 15.6 Å². The number of hydrogen-bond acceptors (Lipinski definition) is 2. The van der Waals surface area contributed by atoms with E-state index in [0.29, 0.717) is 6.42 Å². The van der Waals surface area contributed by atoms with E-state index in [-0.39, 0.29) is 11.8 Å². The van der Waals surface area contributed by atoms with Gasteiger partial charge in [-0.3, -0.25) is 0 Å². The van der Waals surface area contributed by atoms with Crippen LogP contribution in [0.3, 0.4) is 0 Å². The summed E-state index contributed by atoms with van der Waals surface area (Å²) >= 11 is 3.39. The molecule has 2 aromatic rings. The number of rotatable bonds is 4. The molecule has 0 aromatic heterocycles. The molecular formula is C17H13BrN2. The van der Waals surface area contributed by atoms with Crippen molar-refractivity contribution in [3.05, 3.63) is 70.2 Å². The molecule has 0 saturated heterocycles. The molecule has 0 spiro atoms. The molecule has 0 fully saturated rings. The predicted molar refractivity (Wildman–Crippen MR) is 81.9 cm³/mol. The average Bonchev–Trinajstić information content (AvgIpc) is 2.50. The SMILES string of the molecule is N#CC[C@@H](c1ccccc1)[C@@H](C#N)c1ccc(Br)cc1. The van der Waals surface area contributed by atoms with Gasteiger partial charge in [-0.25, -0.2) is 0 Å². The lowest BCUT2D eigenvalue weighted by Crippen LogP contribution is -2.09. The van der Waals surface area contributed by atoms with Gasteiger partial charge in [-0.15, -0.1) is 0 Å². The molecule has 2 atom stereocenters. The van der Waals surface area contributed by atoms with Gasteiger partial charge in [0, 0.05) is 16.8 Å². The van der Waals surface area contributed by atoms with Crippen LogP contribution in [0.5, 0.6) is 0 Å². The maximum Gasteiger partial charge on any atom is 0.0791 e. The fourth-order valence-corrected chi connectivity index (χ4v) is 2.56. The molecule has 0 heterocycles. The van der Waals surface area contributed by atoms with Gasteiger partial charge < -0.3 is 0 Å². The van der Waals surface area contributed by atoms with Gasteiger partial charge in [0.05, 0.1) is 18.1 Å². The summed E-state index contributed by atoms with van der Waals surface area (Å²) < 4.78 is 0.981. The molecule has 0 aliphatic heterocycles. The molecule has 0 radical (unpaired) electrons. The normalized spacial score (nSPS) is 12.9. The smallest absolute Gasteiger partial charge is 0.0791 e. The van der Waals surface area contributed by atoms with Crippen molar-refractivity contribution in [2.45, 2.75) is 18.3 Å². The Bertz CT molecular complexity index is 635. The predicted octanol–water partition coefficient (Wildman–Crippen LogP) is 4.75. The van der Waals surface area contributed by atoms with Crippen LogP contribution in [0.4, 0.5) is 0 Å². The third kappa shape index (κ3) is 3.26. The summed E-state index contributed by atoms with van der Waals surface area (Å²) in [6.07, 6.45) is 0.332. The molecule has 20 heavy (non-hydrogen) atoms. The summed E-state index contributed by atoms with van der Waals surface area (Å²) in [5.74, 6) is -0.419. The van der Waals surface area contributed by atoms with Gasteiger partial charge in [0.2, 0.25) is 0 Å². The number of halogens is 1. The van der Waals surface area contributed by atoms with Gasteiger partial charge >= 0.3 is 0 Å². The summed E-state index contributed by atoms with van der Waals surface area (Å²) in [4.78, 5) is 0. The van der Waals surface area contributed by atoms with Crippen molar-refractivity contribution in [1.82, 2.24) is 0 Å². The average molecular weight is 325 g/mol. The number of hydrogen-bond donors (Lipinski definition) is 0. The molecule has 0 unspecified atom stereocenters. The van der Waals surface area contributed by atoms with Crippen molar-refractivity contribution in [2.75, 3.05) is 0 Å². The molecule has 3 heteroatoms. The molecule has 0 aliphatic rings. The van der Waals surface area contributed by atoms with Gasteiger partial charge in [0.25, 0.3) is 0 Å². The van der Waals surface area contributed by atoms with Crippen molar-refractivity contribution >= 4 is 15.9 Å². The highest BCUT2D eigenvalue weighted by Crippen LogP contribution is 2.35. The Morgan fingerprint density at radius 2 is 1.55 bits per heavy atom. The maximum atomic E-state index is 9.54. The Hall–Kier alpha value is -2.10. The van der Waals surface area contributed by atoms with Crippen LogP contribution in [0.2, 0.25) is 0 Å². The first-order chi connectivity index (χ1) is 9.76. The highest BCUT2D eigenvalue weighted by molar-refractivity contribution is 9.10. The Labute approximate surface area is 127 Å².